The lowest BCUT2D eigenvalue weighted by atomic mass is 10.0. The summed E-state index contributed by atoms with van der Waals surface area (Å²) >= 11 is 0. The van der Waals surface area contributed by atoms with Crippen molar-refractivity contribution in [2.75, 3.05) is 7.05 Å². The average Bonchev–Trinajstić information content (AvgIpc) is 3.44. The van der Waals surface area contributed by atoms with Gasteiger partial charge in [0.15, 0.2) is 0 Å². The largest absolute Gasteiger partial charge is 0.335 e. The molecule has 1 aliphatic carbocycles. The number of hydrogen-bond donors (Lipinski definition) is 1. The Morgan fingerprint density at radius 1 is 1.19 bits per heavy atom. The lowest BCUT2D eigenvalue weighted by Gasteiger charge is -2.26. The first kappa shape index (κ1) is 19.5. The SMILES string of the molecule is Cc1ccc(C(C)N(C)C(=O)c2ccc(F)c(S(=O)(=O)NC3CC3)c2)cc1. The monoisotopic (exact) mass is 390 g/mol. The van der Waals surface area contributed by atoms with E-state index in [1.54, 1.807) is 7.05 Å². The molecule has 1 atom stereocenters. The van der Waals surface area contributed by atoms with Crippen molar-refractivity contribution < 1.29 is 17.6 Å². The van der Waals surface area contributed by atoms with E-state index in [0.717, 1.165) is 36.1 Å². The van der Waals surface area contributed by atoms with Crippen molar-refractivity contribution in [2.24, 2.45) is 0 Å². The molecule has 0 aromatic heterocycles. The molecule has 1 unspecified atom stereocenters. The van der Waals surface area contributed by atoms with Crippen LogP contribution in [0.25, 0.3) is 0 Å². The van der Waals surface area contributed by atoms with E-state index in [4.69, 9.17) is 0 Å². The number of rotatable bonds is 6. The van der Waals surface area contributed by atoms with Crippen molar-refractivity contribution in [3.05, 3.63) is 65.0 Å². The minimum atomic E-state index is -3.98. The second kappa shape index (κ2) is 7.40. The van der Waals surface area contributed by atoms with E-state index in [-0.39, 0.29) is 23.6 Å². The van der Waals surface area contributed by atoms with Crippen LogP contribution in [0.4, 0.5) is 4.39 Å². The molecular formula is C20H23FN2O3S. The van der Waals surface area contributed by atoms with Crippen molar-refractivity contribution in [1.29, 1.82) is 0 Å². The second-order valence-electron chi connectivity index (χ2n) is 7.04. The predicted octanol–water partition coefficient (Wildman–Crippen LogP) is 3.41. The number of sulfonamides is 1. The number of benzene rings is 2. The summed E-state index contributed by atoms with van der Waals surface area (Å²) < 4.78 is 41.3. The standard InChI is InChI=1S/C20H23FN2O3S/c1-13-4-6-15(7-5-13)14(2)23(3)20(24)16-8-11-18(21)19(12-16)27(25,26)22-17-9-10-17/h4-8,11-12,14,17,22H,9-10H2,1-3H3. The molecule has 1 amide bonds. The first-order valence-electron chi connectivity index (χ1n) is 8.84. The lowest BCUT2D eigenvalue weighted by molar-refractivity contribution is 0.0742. The van der Waals surface area contributed by atoms with E-state index >= 15 is 0 Å². The number of amides is 1. The van der Waals surface area contributed by atoms with Crippen molar-refractivity contribution in [3.63, 3.8) is 0 Å². The van der Waals surface area contributed by atoms with Crippen molar-refractivity contribution in [1.82, 2.24) is 9.62 Å². The highest BCUT2D eigenvalue weighted by Gasteiger charge is 2.30. The van der Waals surface area contributed by atoms with Gasteiger partial charge in [0.05, 0.1) is 6.04 Å². The summed E-state index contributed by atoms with van der Waals surface area (Å²) in [7, 11) is -2.34. The second-order valence-corrected chi connectivity index (χ2v) is 8.73. The molecule has 0 radical (unpaired) electrons. The van der Waals surface area contributed by atoms with Crippen molar-refractivity contribution in [2.45, 2.75) is 43.7 Å². The zero-order chi connectivity index (χ0) is 19.8. The molecule has 0 bridgehead atoms. The highest BCUT2D eigenvalue weighted by molar-refractivity contribution is 7.89. The maximum Gasteiger partial charge on any atom is 0.254 e. The summed E-state index contributed by atoms with van der Waals surface area (Å²) in [6, 6.07) is 10.9. The quantitative estimate of drug-likeness (QED) is 0.822. The van der Waals surface area contributed by atoms with Gasteiger partial charge in [0.1, 0.15) is 10.7 Å². The maximum absolute atomic E-state index is 14.1. The number of nitrogens with zero attached hydrogens (tertiary/aromatic N) is 1. The van der Waals surface area contributed by atoms with Crippen molar-refractivity contribution >= 4 is 15.9 Å². The molecule has 2 aromatic carbocycles. The molecule has 0 heterocycles. The van der Waals surface area contributed by atoms with Gasteiger partial charge < -0.3 is 4.90 Å². The minimum absolute atomic E-state index is 0.133. The summed E-state index contributed by atoms with van der Waals surface area (Å²) in [6.45, 7) is 3.87. The summed E-state index contributed by atoms with van der Waals surface area (Å²) in [5, 5.41) is 0. The fourth-order valence-electron chi connectivity index (χ4n) is 2.77. The fraction of sp³-hybridized carbons (Fsp3) is 0.350. The van der Waals surface area contributed by atoms with Gasteiger partial charge in [-0.1, -0.05) is 29.8 Å². The average molecular weight is 390 g/mol. The molecule has 7 heteroatoms. The fourth-order valence-corrected chi connectivity index (χ4v) is 4.18. The van der Waals surface area contributed by atoms with Crippen LogP contribution in [0.1, 0.15) is 47.3 Å². The van der Waals surface area contributed by atoms with E-state index in [1.807, 2.05) is 38.1 Å². The first-order chi connectivity index (χ1) is 12.7. The van der Waals surface area contributed by atoms with Crippen LogP contribution in [0.2, 0.25) is 0 Å². The Morgan fingerprint density at radius 3 is 2.41 bits per heavy atom. The number of nitrogens with one attached hydrogen (secondary N) is 1. The lowest BCUT2D eigenvalue weighted by Crippen LogP contribution is -2.30. The molecule has 0 saturated heterocycles. The Kier molecular flexibility index (Phi) is 5.35. The third-order valence-electron chi connectivity index (χ3n) is 4.83. The van der Waals surface area contributed by atoms with Crippen LogP contribution in [-0.4, -0.2) is 32.3 Å². The predicted molar refractivity (Wildman–Crippen MR) is 101 cm³/mol. The molecule has 1 aliphatic rings. The van der Waals surface area contributed by atoms with Crippen LogP contribution in [0.15, 0.2) is 47.4 Å². The molecule has 3 rings (SSSR count). The minimum Gasteiger partial charge on any atom is -0.335 e. The van der Waals surface area contributed by atoms with Gasteiger partial charge in [0, 0.05) is 18.7 Å². The van der Waals surface area contributed by atoms with E-state index in [2.05, 4.69) is 4.72 Å². The number of aryl methyl sites for hydroxylation is 1. The van der Waals surface area contributed by atoms with Crippen LogP contribution in [-0.2, 0) is 10.0 Å². The molecule has 5 nitrogen and oxygen atoms in total. The van der Waals surface area contributed by atoms with E-state index in [1.165, 1.54) is 11.0 Å². The molecular weight excluding hydrogens is 367 g/mol. The number of halogens is 1. The number of carbonyl (C=O) groups excluding carboxylic acids is 1. The van der Waals surface area contributed by atoms with Crippen LogP contribution >= 0.6 is 0 Å². The van der Waals surface area contributed by atoms with E-state index in [0.29, 0.717) is 0 Å². The number of carbonyl (C=O) groups is 1. The van der Waals surface area contributed by atoms with E-state index < -0.39 is 20.7 Å². The zero-order valence-corrected chi connectivity index (χ0v) is 16.4. The van der Waals surface area contributed by atoms with Crippen molar-refractivity contribution in [3.8, 4) is 0 Å². The van der Waals surface area contributed by atoms with Crippen LogP contribution in [0, 0.1) is 12.7 Å². The Hall–Kier alpha value is -2.25. The summed E-state index contributed by atoms with van der Waals surface area (Å²) in [4.78, 5) is 13.9. The van der Waals surface area contributed by atoms with Gasteiger partial charge >= 0.3 is 0 Å². The first-order valence-corrected chi connectivity index (χ1v) is 10.3. The van der Waals surface area contributed by atoms with E-state index in [9.17, 15) is 17.6 Å². The third kappa shape index (κ3) is 4.36. The van der Waals surface area contributed by atoms with Crippen LogP contribution in [0.5, 0.6) is 0 Å². The smallest absolute Gasteiger partial charge is 0.254 e. The molecule has 1 fully saturated rings. The molecule has 2 aromatic rings. The summed E-state index contributed by atoms with van der Waals surface area (Å²) in [5.41, 5.74) is 2.22. The molecule has 1 saturated carbocycles. The van der Waals surface area contributed by atoms with Crippen LogP contribution < -0.4 is 4.72 Å². The maximum atomic E-state index is 14.1. The van der Waals surface area contributed by atoms with Crippen LogP contribution in [0.3, 0.4) is 0 Å². The Labute approximate surface area is 159 Å². The summed E-state index contributed by atoms with van der Waals surface area (Å²) in [5.74, 6) is -1.24. The van der Waals surface area contributed by atoms with Gasteiger partial charge in [0.2, 0.25) is 10.0 Å². The topological polar surface area (TPSA) is 66.5 Å². The van der Waals surface area contributed by atoms with Gasteiger partial charge in [0.25, 0.3) is 5.91 Å². The molecule has 1 N–H and O–H groups in total. The molecule has 144 valence electrons. The Morgan fingerprint density at radius 2 is 1.81 bits per heavy atom. The van der Waals surface area contributed by atoms with Gasteiger partial charge in [-0.2, -0.15) is 0 Å². The Bertz CT molecular complexity index is 954. The molecule has 0 aliphatic heterocycles. The highest BCUT2D eigenvalue weighted by Crippen LogP contribution is 2.26. The molecule has 27 heavy (non-hydrogen) atoms. The molecule has 0 spiro atoms. The third-order valence-corrected chi connectivity index (χ3v) is 6.36. The van der Waals surface area contributed by atoms with Gasteiger partial charge in [-0.3, -0.25) is 4.79 Å². The number of hydrogen-bond acceptors (Lipinski definition) is 3. The summed E-state index contributed by atoms with van der Waals surface area (Å²) in [6.07, 6.45) is 1.49. The van der Waals surface area contributed by atoms with Gasteiger partial charge in [-0.05, 0) is 50.5 Å². The Balaban J connectivity index is 1.85. The zero-order valence-electron chi connectivity index (χ0n) is 15.6. The normalized spacial score (nSPS) is 15.4. The highest BCUT2D eigenvalue weighted by atomic mass is 32.2. The van der Waals surface area contributed by atoms with Gasteiger partial charge in [-0.15, -0.1) is 0 Å². The van der Waals surface area contributed by atoms with Gasteiger partial charge in [-0.25, -0.2) is 17.5 Å².